The standard InChI is InChI=1S/C30H31N5O4/c1-34-11-8-21(9-12-34)35-29(38)22-14-19-15-26(33-25(19)16-23(22)30(35)39)27-24(7-10-31-28(27)37)32-20(17-36)13-18-5-3-2-4-6-18/h2-7,10,14,16,20-21,36H,8-9,11-13,15,17H2,1H3,(H2,31,32,37)/t20-/m1/s1. The maximum atomic E-state index is 13.3. The van der Waals surface area contributed by atoms with E-state index in [4.69, 9.17) is 4.99 Å². The second-order valence-electron chi connectivity index (χ2n) is 10.6. The number of pyridine rings is 1. The van der Waals surface area contributed by atoms with E-state index < -0.39 is 0 Å². The van der Waals surface area contributed by atoms with Gasteiger partial charge in [-0.2, -0.15) is 0 Å². The van der Waals surface area contributed by atoms with Crippen molar-refractivity contribution in [3.05, 3.63) is 92.9 Å². The van der Waals surface area contributed by atoms with Crippen molar-refractivity contribution in [1.29, 1.82) is 0 Å². The zero-order valence-corrected chi connectivity index (χ0v) is 21.8. The van der Waals surface area contributed by atoms with Gasteiger partial charge in [0.1, 0.15) is 0 Å². The lowest BCUT2D eigenvalue weighted by atomic mass is 9.99. The summed E-state index contributed by atoms with van der Waals surface area (Å²) in [6.45, 7) is 1.60. The van der Waals surface area contributed by atoms with Crippen LogP contribution in [0.4, 0.5) is 11.4 Å². The highest BCUT2D eigenvalue weighted by molar-refractivity contribution is 6.22. The summed E-state index contributed by atoms with van der Waals surface area (Å²) in [7, 11) is 2.05. The summed E-state index contributed by atoms with van der Waals surface area (Å²) in [5.41, 5.74) is 4.51. The second kappa shape index (κ2) is 10.2. The first-order valence-electron chi connectivity index (χ1n) is 13.4. The van der Waals surface area contributed by atoms with Gasteiger partial charge in [0.2, 0.25) is 0 Å². The van der Waals surface area contributed by atoms with E-state index >= 15 is 0 Å². The number of amides is 2. The molecule has 0 saturated carbocycles. The summed E-state index contributed by atoms with van der Waals surface area (Å²) in [6.07, 6.45) is 4.06. The van der Waals surface area contributed by atoms with Gasteiger partial charge in [-0.3, -0.25) is 24.3 Å². The molecule has 4 heterocycles. The van der Waals surface area contributed by atoms with E-state index in [-0.39, 0.29) is 36.1 Å². The zero-order valence-electron chi connectivity index (χ0n) is 21.8. The van der Waals surface area contributed by atoms with Crippen molar-refractivity contribution in [3.8, 4) is 0 Å². The lowest BCUT2D eigenvalue weighted by molar-refractivity contribution is 0.0516. The Morgan fingerprint density at radius 2 is 1.77 bits per heavy atom. The van der Waals surface area contributed by atoms with Crippen LogP contribution in [0.15, 0.2) is 64.5 Å². The van der Waals surface area contributed by atoms with Crippen LogP contribution < -0.4 is 10.9 Å². The number of anilines is 1. The topological polar surface area (TPSA) is 118 Å². The molecule has 3 N–H and O–H groups in total. The number of nitrogens with zero attached hydrogens (tertiary/aromatic N) is 3. The predicted molar refractivity (Wildman–Crippen MR) is 149 cm³/mol. The third-order valence-electron chi connectivity index (χ3n) is 7.94. The van der Waals surface area contributed by atoms with E-state index in [1.54, 1.807) is 24.4 Å². The zero-order chi connectivity index (χ0) is 27.1. The number of fused-ring (bicyclic) bond motifs is 2. The Hall–Kier alpha value is -4.08. The number of likely N-dealkylation sites (tertiary alicyclic amines) is 1. The van der Waals surface area contributed by atoms with Gasteiger partial charge in [-0.25, -0.2) is 0 Å². The minimum atomic E-state index is -0.304. The van der Waals surface area contributed by atoms with Crippen molar-refractivity contribution in [3.63, 3.8) is 0 Å². The number of aromatic amines is 1. The highest BCUT2D eigenvalue weighted by Gasteiger charge is 2.42. The lowest BCUT2D eigenvalue weighted by Crippen LogP contribution is -2.46. The van der Waals surface area contributed by atoms with Gasteiger partial charge in [0, 0.05) is 18.7 Å². The Labute approximate surface area is 226 Å². The summed E-state index contributed by atoms with van der Waals surface area (Å²) in [5, 5.41) is 13.4. The minimum absolute atomic E-state index is 0.0885. The number of nitrogens with one attached hydrogen (secondary N) is 2. The number of benzene rings is 2. The van der Waals surface area contributed by atoms with Crippen LogP contribution in [0.2, 0.25) is 0 Å². The number of aromatic nitrogens is 1. The summed E-state index contributed by atoms with van der Waals surface area (Å²) in [4.78, 5) is 50.7. The molecule has 9 nitrogen and oxygen atoms in total. The van der Waals surface area contributed by atoms with Gasteiger partial charge in [0.05, 0.1) is 46.4 Å². The van der Waals surface area contributed by atoms with E-state index in [0.717, 1.165) is 37.1 Å². The lowest BCUT2D eigenvalue weighted by Gasteiger charge is -2.33. The van der Waals surface area contributed by atoms with Crippen molar-refractivity contribution >= 4 is 28.9 Å². The predicted octanol–water partition coefficient (Wildman–Crippen LogP) is 2.76. The van der Waals surface area contributed by atoms with Crippen molar-refractivity contribution in [2.45, 2.75) is 37.8 Å². The van der Waals surface area contributed by atoms with Crippen LogP contribution in [-0.4, -0.2) is 76.2 Å². The molecule has 3 aliphatic rings. The average Bonchev–Trinajstić information content (AvgIpc) is 3.46. The number of aliphatic hydroxyl groups excluding tert-OH is 1. The number of piperidine rings is 1. The highest BCUT2D eigenvalue weighted by Crippen LogP contribution is 2.37. The van der Waals surface area contributed by atoms with Crippen LogP contribution in [-0.2, 0) is 12.8 Å². The van der Waals surface area contributed by atoms with E-state index in [1.165, 1.54) is 4.90 Å². The third kappa shape index (κ3) is 4.68. The van der Waals surface area contributed by atoms with Gasteiger partial charge in [0.25, 0.3) is 17.4 Å². The first kappa shape index (κ1) is 25.2. The van der Waals surface area contributed by atoms with Gasteiger partial charge in [0.15, 0.2) is 0 Å². The summed E-state index contributed by atoms with van der Waals surface area (Å²) in [5.74, 6) is -0.505. The number of hydrogen-bond donors (Lipinski definition) is 3. The number of rotatable bonds is 7. The van der Waals surface area contributed by atoms with Gasteiger partial charge < -0.3 is 20.3 Å². The number of hydrogen-bond acceptors (Lipinski definition) is 7. The molecule has 2 amide bonds. The fourth-order valence-corrected chi connectivity index (χ4v) is 5.84. The Balaban J connectivity index is 1.27. The quantitative estimate of drug-likeness (QED) is 0.409. The molecule has 0 bridgehead atoms. The van der Waals surface area contributed by atoms with Crippen LogP contribution >= 0.6 is 0 Å². The Morgan fingerprint density at radius 3 is 2.49 bits per heavy atom. The fraction of sp³-hybridized carbons (Fsp3) is 0.333. The van der Waals surface area contributed by atoms with Crippen LogP contribution in [0.3, 0.4) is 0 Å². The highest BCUT2D eigenvalue weighted by atomic mass is 16.3. The maximum Gasteiger partial charge on any atom is 0.261 e. The fourth-order valence-electron chi connectivity index (χ4n) is 5.84. The number of aliphatic imine (C=N–C) groups is 1. The van der Waals surface area contributed by atoms with Gasteiger partial charge >= 0.3 is 0 Å². The second-order valence-corrected chi connectivity index (χ2v) is 10.6. The van der Waals surface area contributed by atoms with Crippen molar-refractivity contribution in [1.82, 2.24) is 14.8 Å². The number of aliphatic hydroxyl groups is 1. The van der Waals surface area contributed by atoms with E-state index in [0.29, 0.717) is 46.6 Å². The summed E-state index contributed by atoms with van der Waals surface area (Å²) < 4.78 is 0. The molecule has 3 aliphatic heterocycles. The van der Waals surface area contributed by atoms with Gasteiger partial charge in [-0.15, -0.1) is 0 Å². The molecule has 1 saturated heterocycles. The third-order valence-corrected chi connectivity index (χ3v) is 7.94. The van der Waals surface area contributed by atoms with E-state index in [9.17, 15) is 19.5 Å². The van der Waals surface area contributed by atoms with Crippen LogP contribution in [0.5, 0.6) is 0 Å². The molecule has 39 heavy (non-hydrogen) atoms. The molecule has 0 spiro atoms. The molecular weight excluding hydrogens is 494 g/mol. The number of H-pyrrole nitrogens is 1. The molecule has 3 aromatic rings. The monoisotopic (exact) mass is 525 g/mol. The first-order valence-corrected chi connectivity index (χ1v) is 13.4. The number of carbonyl (C=O) groups excluding carboxylic acids is 2. The van der Waals surface area contributed by atoms with Gasteiger partial charge in [-0.05, 0) is 68.7 Å². The first-order chi connectivity index (χ1) is 18.9. The van der Waals surface area contributed by atoms with E-state index in [2.05, 4.69) is 15.2 Å². The molecule has 1 aromatic heterocycles. The molecule has 0 aliphatic carbocycles. The minimum Gasteiger partial charge on any atom is -0.394 e. The van der Waals surface area contributed by atoms with E-state index in [1.807, 2.05) is 37.4 Å². The maximum absolute atomic E-state index is 13.3. The molecule has 0 unspecified atom stereocenters. The molecule has 6 rings (SSSR count). The number of carbonyl (C=O) groups is 2. The normalized spacial score (nSPS) is 18.2. The van der Waals surface area contributed by atoms with Crippen LogP contribution in [0, 0.1) is 0 Å². The Morgan fingerprint density at radius 1 is 1.05 bits per heavy atom. The van der Waals surface area contributed by atoms with Crippen molar-refractivity contribution in [2.24, 2.45) is 4.99 Å². The summed E-state index contributed by atoms with van der Waals surface area (Å²) in [6, 6.07) is 14.7. The molecular formula is C30H31N5O4. The molecule has 1 atom stereocenters. The smallest absolute Gasteiger partial charge is 0.261 e. The Kier molecular flexibility index (Phi) is 6.62. The molecule has 2 aromatic carbocycles. The Bertz CT molecular complexity index is 1520. The van der Waals surface area contributed by atoms with Crippen molar-refractivity contribution in [2.75, 3.05) is 32.1 Å². The molecule has 0 radical (unpaired) electrons. The largest absolute Gasteiger partial charge is 0.394 e. The number of imide groups is 1. The average molecular weight is 526 g/mol. The summed E-state index contributed by atoms with van der Waals surface area (Å²) >= 11 is 0. The SMILES string of the molecule is CN1CCC(N2C(=O)c3cc4c(cc3C2=O)N=C(c2c(N[C@@H](CO)Cc3ccccc3)cc[nH]c2=O)C4)CC1. The molecule has 1 fully saturated rings. The molecule has 200 valence electrons. The van der Waals surface area contributed by atoms with Gasteiger partial charge in [-0.1, -0.05) is 30.3 Å². The van der Waals surface area contributed by atoms with Crippen molar-refractivity contribution < 1.29 is 14.7 Å². The van der Waals surface area contributed by atoms with Crippen LogP contribution in [0.1, 0.15) is 50.2 Å². The van der Waals surface area contributed by atoms with Crippen LogP contribution in [0.25, 0.3) is 0 Å². The molecule has 9 heteroatoms.